The summed E-state index contributed by atoms with van der Waals surface area (Å²) in [6, 6.07) is 0. The Morgan fingerprint density at radius 3 is 2.69 bits per heavy atom. The van der Waals surface area contributed by atoms with Crippen LogP contribution in [0.2, 0.25) is 0 Å². The standard InChI is InChI=1S/C31H46O5/c1-21-17-22(2)19-27(32)31-29(36-31)20-28(23(3)15-16-24-9-5-4-6-10-24)35-30(33)14-8-12-25-11-7-13-26(18-21)34-25/h7-8,11,14-16,21,23-29,31-32H,2,4-6,9-10,12-13,17-20H2,1,3H3/b14-8-,16-15+/t21?,23?,25?,26-,27-,28?,29-,31?/m0/s1. The van der Waals surface area contributed by atoms with Gasteiger partial charge in [0.1, 0.15) is 12.2 Å². The highest BCUT2D eigenvalue weighted by molar-refractivity contribution is 5.82. The van der Waals surface area contributed by atoms with Gasteiger partial charge in [0, 0.05) is 18.4 Å². The molecule has 36 heavy (non-hydrogen) atoms. The van der Waals surface area contributed by atoms with Gasteiger partial charge in [-0.15, -0.1) is 0 Å². The molecule has 0 spiro atoms. The minimum atomic E-state index is -0.573. The van der Waals surface area contributed by atoms with Crippen LogP contribution < -0.4 is 0 Å². The largest absolute Gasteiger partial charge is 0.459 e. The Morgan fingerprint density at radius 2 is 1.89 bits per heavy atom. The van der Waals surface area contributed by atoms with E-state index in [1.165, 1.54) is 32.1 Å². The fraction of sp³-hybridized carbons (Fsp3) is 0.710. The smallest absolute Gasteiger partial charge is 0.330 e. The van der Waals surface area contributed by atoms with Crippen molar-refractivity contribution in [1.82, 2.24) is 0 Å². The van der Waals surface area contributed by atoms with Crippen LogP contribution in [0.5, 0.6) is 0 Å². The molecule has 5 heteroatoms. The highest BCUT2D eigenvalue weighted by Gasteiger charge is 2.46. The third kappa shape index (κ3) is 8.43. The molecule has 3 aliphatic heterocycles. The number of carbonyl (C=O) groups excluding carboxylic acids is 1. The van der Waals surface area contributed by atoms with E-state index in [9.17, 15) is 9.90 Å². The van der Waals surface area contributed by atoms with Crippen molar-refractivity contribution >= 4 is 5.97 Å². The average Bonchev–Trinajstić information content (AvgIpc) is 3.62. The van der Waals surface area contributed by atoms with Gasteiger partial charge >= 0.3 is 5.97 Å². The van der Waals surface area contributed by atoms with E-state index >= 15 is 0 Å². The first-order valence-corrected chi connectivity index (χ1v) is 14.2. The van der Waals surface area contributed by atoms with E-state index < -0.39 is 6.10 Å². The minimum Gasteiger partial charge on any atom is -0.459 e. The molecule has 0 aromatic heterocycles. The van der Waals surface area contributed by atoms with Gasteiger partial charge in [0.2, 0.25) is 0 Å². The second-order valence-corrected chi connectivity index (χ2v) is 11.7. The van der Waals surface area contributed by atoms with Gasteiger partial charge in [-0.3, -0.25) is 0 Å². The third-order valence-corrected chi connectivity index (χ3v) is 8.20. The Bertz CT molecular complexity index is 823. The lowest BCUT2D eigenvalue weighted by Crippen LogP contribution is -2.28. The summed E-state index contributed by atoms with van der Waals surface area (Å²) in [4.78, 5) is 12.7. The van der Waals surface area contributed by atoms with Gasteiger partial charge in [-0.2, -0.15) is 0 Å². The number of hydrogen-bond donors (Lipinski definition) is 1. The summed E-state index contributed by atoms with van der Waals surface area (Å²) < 4.78 is 18.1. The van der Waals surface area contributed by atoms with Crippen molar-refractivity contribution in [3.8, 4) is 0 Å². The van der Waals surface area contributed by atoms with E-state index in [1.807, 2.05) is 6.08 Å². The van der Waals surface area contributed by atoms with Crippen molar-refractivity contribution in [3.63, 3.8) is 0 Å². The SMILES string of the molecule is C=C1CC(C)C[C@@H]2CC=CC(C/C=C\C(=O)OC(C(C)/C=C/C3CCCCC3)C[C@@H]3OC3[C@@H](O)C1)O2. The van der Waals surface area contributed by atoms with Crippen LogP contribution in [0.4, 0.5) is 0 Å². The van der Waals surface area contributed by atoms with Crippen molar-refractivity contribution in [2.24, 2.45) is 17.8 Å². The first-order chi connectivity index (χ1) is 17.4. The molecular weight excluding hydrogens is 452 g/mol. The van der Waals surface area contributed by atoms with Crippen LogP contribution in [0.3, 0.4) is 0 Å². The van der Waals surface area contributed by atoms with Gasteiger partial charge in [0.05, 0.1) is 24.4 Å². The number of fused-ring (bicyclic) bond motifs is 3. The quantitative estimate of drug-likeness (QED) is 0.284. The van der Waals surface area contributed by atoms with Gasteiger partial charge in [-0.1, -0.05) is 75.6 Å². The van der Waals surface area contributed by atoms with Crippen LogP contribution >= 0.6 is 0 Å². The molecule has 1 N–H and O–H groups in total. The number of cyclic esters (lactones) is 1. The van der Waals surface area contributed by atoms with E-state index in [-0.39, 0.29) is 42.4 Å². The monoisotopic (exact) mass is 498 g/mol. The van der Waals surface area contributed by atoms with Crippen LogP contribution in [-0.2, 0) is 19.0 Å². The third-order valence-electron chi connectivity index (χ3n) is 8.20. The Hall–Kier alpha value is -1.69. The van der Waals surface area contributed by atoms with Crippen LogP contribution in [0.25, 0.3) is 0 Å². The summed E-state index contributed by atoms with van der Waals surface area (Å²) >= 11 is 0. The van der Waals surface area contributed by atoms with Crippen LogP contribution in [0, 0.1) is 17.8 Å². The lowest BCUT2D eigenvalue weighted by molar-refractivity contribution is -0.145. The summed E-state index contributed by atoms with van der Waals surface area (Å²) in [6.07, 6.45) is 22.2. The van der Waals surface area contributed by atoms with Gasteiger partial charge in [-0.05, 0) is 56.8 Å². The van der Waals surface area contributed by atoms with E-state index in [2.05, 4.69) is 44.7 Å². The van der Waals surface area contributed by atoms with Gasteiger partial charge in [-0.25, -0.2) is 4.79 Å². The molecule has 0 amide bonds. The summed E-state index contributed by atoms with van der Waals surface area (Å²) in [7, 11) is 0. The molecule has 1 aliphatic carbocycles. The minimum absolute atomic E-state index is 0.0160. The molecule has 4 rings (SSSR count). The Balaban J connectivity index is 1.44. The fourth-order valence-corrected chi connectivity index (χ4v) is 6.09. The Morgan fingerprint density at radius 1 is 1.08 bits per heavy atom. The predicted molar refractivity (Wildman–Crippen MR) is 142 cm³/mol. The summed E-state index contributed by atoms with van der Waals surface area (Å²) in [5.41, 5.74) is 1.06. The molecule has 0 radical (unpaired) electrons. The van der Waals surface area contributed by atoms with Crippen molar-refractivity contribution in [3.05, 3.63) is 48.6 Å². The summed E-state index contributed by atoms with van der Waals surface area (Å²) in [5.74, 6) is 0.819. The number of esters is 1. The number of aliphatic hydroxyl groups excluding tert-OH is 1. The maximum Gasteiger partial charge on any atom is 0.330 e. The molecule has 2 bridgehead atoms. The second-order valence-electron chi connectivity index (χ2n) is 11.7. The molecule has 4 aliphatic rings. The number of carbonyl (C=O) groups is 1. The summed E-state index contributed by atoms with van der Waals surface area (Å²) in [6.45, 7) is 8.59. The molecule has 5 nitrogen and oxygen atoms in total. The molecule has 0 aromatic carbocycles. The second kappa shape index (κ2) is 13.2. The van der Waals surface area contributed by atoms with Crippen molar-refractivity contribution in [1.29, 1.82) is 0 Å². The molecular formula is C31H46O5. The number of allylic oxidation sites excluding steroid dienone is 1. The fourth-order valence-electron chi connectivity index (χ4n) is 6.09. The maximum atomic E-state index is 12.7. The first-order valence-electron chi connectivity index (χ1n) is 14.2. The normalized spacial score (nSPS) is 39.0. The zero-order chi connectivity index (χ0) is 25.5. The molecule has 1 saturated heterocycles. The first kappa shape index (κ1) is 27.3. The Labute approximate surface area is 217 Å². The van der Waals surface area contributed by atoms with Crippen LogP contribution in [0.1, 0.15) is 84.5 Å². The number of aliphatic hydroxyl groups is 1. The van der Waals surface area contributed by atoms with Crippen LogP contribution in [0.15, 0.2) is 48.6 Å². The lowest BCUT2D eigenvalue weighted by Gasteiger charge is -2.28. The molecule has 5 unspecified atom stereocenters. The van der Waals surface area contributed by atoms with Crippen molar-refractivity contribution in [2.45, 2.75) is 121 Å². The summed E-state index contributed by atoms with van der Waals surface area (Å²) in [5, 5.41) is 10.8. The lowest BCUT2D eigenvalue weighted by atomic mass is 9.87. The predicted octanol–water partition coefficient (Wildman–Crippen LogP) is 6.23. The number of hydrogen-bond acceptors (Lipinski definition) is 5. The van der Waals surface area contributed by atoms with Gasteiger partial charge in [0.15, 0.2) is 0 Å². The van der Waals surface area contributed by atoms with E-state index in [4.69, 9.17) is 14.2 Å². The Kier molecular flexibility index (Phi) is 10.0. The zero-order valence-electron chi connectivity index (χ0n) is 22.2. The number of rotatable bonds is 3. The molecule has 3 heterocycles. The maximum absolute atomic E-state index is 12.7. The van der Waals surface area contributed by atoms with Crippen molar-refractivity contribution < 1.29 is 24.1 Å². The zero-order valence-corrected chi connectivity index (χ0v) is 22.2. The highest BCUT2D eigenvalue weighted by Crippen LogP contribution is 2.36. The topological polar surface area (TPSA) is 68.3 Å². The molecule has 200 valence electrons. The number of ether oxygens (including phenoxy) is 3. The van der Waals surface area contributed by atoms with Crippen LogP contribution in [-0.4, -0.2) is 47.7 Å². The number of epoxide rings is 1. The van der Waals surface area contributed by atoms with Gasteiger partial charge in [0.25, 0.3) is 0 Å². The van der Waals surface area contributed by atoms with Gasteiger partial charge < -0.3 is 19.3 Å². The van der Waals surface area contributed by atoms with E-state index in [0.717, 1.165) is 24.8 Å². The molecule has 8 atom stereocenters. The van der Waals surface area contributed by atoms with E-state index in [0.29, 0.717) is 31.1 Å². The molecule has 0 aromatic rings. The average molecular weight is 499 g/mol. The molecule has 1 saturated carbocycles. The highest BCUT2D eigenvalue weighted by atomic mass is 16.6. The van der Waals surface area contributed by atoms with E-state index in [1.54, 1.807) is 6.08 Å². The van der Waals surface area contributed by atoms with Crippen molar-refractivity contribution in [2.75, 3.05) is 0 Å². The molecule has 2 fully saturated rings.